The minimum absolute atomic E-state index is 0.327. The zero-order valence-electron chi connectivity index (χ0n) is 22.1. The maximum absolute atomic E-state index is 6.02. The molecule has 8 heteroatoms. The number of allylic oxidation sites excluding steroid dienone is 2. The molecule has 0 aliphatic heterocycles. The number of anilines is 1. The van der Waals surface area contributed by atoms with Gasteiger partial charge >= 0.3 is 6.01 Å². The molecule has 3 aromatic rings. The summed E-state index contributed by atoms with van der Waals surface area (Å²) in [6.07, 6.45) is 12.1. The summed E-state index contributed by atoms with van der Waals surface area (Å²) in [6.45, 7) is 9.64. The van der Waals surface area contributed by atoms with Crippen LogP contribution in [-0.2, 0) is 13.6 Å². The lowest BCUT2D eigenvalue weighted by Crippen LogP contribution is -2.28. The first-order valence-electron chi connectivity index (χ1n) is 12.5. The molecular formula is C28H36N6O2. The zero-order valence-corrected chi connectivity index (χ0v) is 22.1. The molecule has 1 aliphatic carbocycles. The van der Waals surface area contributed by atoms with Crippen molar-refractivity contribution >= 4 is 17.5 Å². The molecule has 0 bridgehead atoms. The third kappa shape index (κ3) is 6.11. The summed E-state index contributed by atoms with van der Waals surface area (Å²) in [5, 5.41) is 9.81. The van der Waals surface area contributed by atoms with Crippen molar-refractivity contribution in [2.45, 2.75) is 47.1 Å². The molecule has 0 aromatic carbocycles. The van der Waals surface area contributed by atoms with Crippen molar-refractivity contribution in [2.75, 3.05) is 19.0 Å². The summed E-state index contributed by atoms with van der Waals surface area (Å²) >= 11 is 0. The smallest absolute Gasteiger partial charge is 0.321 e. The number of aryl methyl sites for hydroxylation is 1. The minimum Gasteiger partial charge on any atom is -0.481 e. The Morgan fingerprint density at radius 3 is 2.83 bits per heavy atom. The summed E-state index contributed by atoms with van der Waals surface area (Å²) in [5.41, 5.74) is 4.60. The topological polar surface area (TPSA) is 87.0 Å². The van der Waals surface area contributed by atoms with E-state index in [0.29, 0.717) is 42.7 Å². The number of aromatic nitrogens is 5. The van der Waals surface area contributed by atoms with E-state index in [0.717, 1.165) is 29.3 Å². The molecule has 0 radical (unpaired) electrons. The van der Waals surface area contributed by atoms with Crippen LogP contribution in [0.2, 0.25) is 0 Å². The summed E-state index contributed by atoms with van der Waals surface area (Å²) in [6, 6.07) is 4.47. The highest BCUT2D eigenvalue weighted by molar-refractivity contribution is 5.50. The fourth-order valence-electron chi connectivity index (χ4n) is 4.27. The molecule has 0 saturated heterocycles. The Labute approximate surface area is 212 Å². The third-order valence-corrected chi connectivity index (χ3v) is 6.76. The number of rotatable bonds is 10. The van der Waals surface area contributed by atoms with Crippen molar-refractivity contribution in [3.63, 3.8) is 0 Å². The van der Waals surface area contributed by atoms with E-state index in [1.165, 1.54) is 16.4 Å². The molecule has 36 heavy (non-hydrogen) atoms. The number of nitrogens with one attached hydrogen (secondary N) is 1. The van der Waals surface area contributed by atoms with E-state index in [2.05, 4.69) is 64.4 Å². The number of ether oxygens (including phenoxy) is 2. The lowest BCUT2D eigenvalue weighted by Gasteiger charge is -2.13. The standard InChI is InChI=1S/C28H36N6O2/c1-7-18(2)23-9-8-12-29-25(23)11-10-19(3)24-13-22(24)17-36-28-32-26(20(4)27(33-28)35-6)30-14-21-15-31-34(5)16-21/h8-12,15-16,22,24H,7,13-14,17H2,1-6H3,(H,30,32,33). The first kappa shape index (κ1) is 25.4. The van der Waals surface area contributed by atoms with Gasteiger partial charge in [0, 0.05) is 37.5 Å². The van der Waals surface area contributed by atoms with E-state index in [4.69, 9.17) is 9.47 Å². The molecule has 3 aromatic heterocycles. The van der Waals surface area contributed by atoms with Crippen molar-refractivity contribution in [1.29, 1.82) is 0 Å². The first-order chi connectivity index (χ1) is 17.4. The van der Waals surface area contributed by atoms with Gasteiger partial charge in [-0.3, -0.25) is 9.67 Å². The van der Waals surface area contributed by atoms with E-state index in [9.17, 15) is 0 Å². The summed E-state index contributed by atoms with van der Waals surface area (Å²) in [7, 11) is 3.51. The predicted octanol–water partition coefficient (Wildman–Crippen LogP) is 3.56. The van der Waals surface area contributed by atoms with Crippen LogP contribution < -0.4 is 25.4 Å². The molecule has 0 amide bonds. The summed E-state index contributed by atoms with van der Waals surface area (Å²) in [4.78, 5) is 13.6. The number of pyridine rings is 1. The Bertz CT molecular complexity index is 1360. The molecule has 1 N–H and O–H groups in total. The average Bonchev–Trinajstić information content (AvgIpc) is 3.56. The van der Waals surface area contributed by atoms with Gasteiger partial charge in [-0.05, 0) is 56.9 Å². The SMILES string of the molecule is CCC(C)=c1cccnc1=CC=C(C)C1CC1COc1nc(NCc2cnn(C)c2)c(C)c(OC)n1. The molecule has 1 fully saturated rings. The van der Waals surface area contributed by atoms with Crippen LogP contribution in [0, 0.1) is 18.8 Å². The Hall–Kier alpha value is -3.68. The predicted molar refractivity (Wildman–Crippen MR) is 142 cm³/mol. The second-order valence-electron chi connectivity index (χ2n) is 9.43. The molecule has 2 atom stereocenters. The molecule has 0 spiro atoms. The Balaban J connectivity index is 1.40. The van der Waals surface area contributed by atoms with E-state index < -0.39 is 0 Å². The van der Waals surface area contributed by atoms with Gasteiger partial charge in [-0.15, -0.1) is 0 Å². The lowest BCUT2D eigenvalue weighted by molar-refractivity contribution is 0.266. The average molecular weight is 489 g/mol. The van der Waals surface area contributed by atoms with Crippen molar-refractivity contribution in [2.24, 2.45) is 18.9 Å². The van der Waals surface area contributed by atoms with Gasteiger partial charge in [0.05, 0.1) is 30.8 Å². The van der Waals surface area contributed by atoms with Gasteiger partial charge in [0.15, 0.2) is 0 Å². The van der Waals surface area contributed by atoms with Crippen molar-refractivity contribution in [3.05, 3.63) is 64.1 Å². The van der Waals surface area contributed by atoms with E-state index >= 15 is 0 Å². The van der Waals surface area contributed by atoms with Crippen LogP contribution in [0.15, 0.2) is 42.4 Å². The molecule has 190 valence electrons. The second-order valence-corrected chi connectivity index (χ2v) is 9.43. The monoisotopic (exact) mass is 488 g/mol. The van der Waals surface area contributed by atoms with Crippen molar-refractivity contribution in [1.82, 2.24) is 24.7 Å². The summed E-state index contributed by atoms with van der Waals surface area (Å²) in [5.74, 6) is 2.16. The minimum atomic E-state index is 0.327. The number of hydrogen-bond acceptors (Lipinski definition) is 7. The van der Waals surface area contributed by atoms with Gasteiger partial charge in [-0.25, -0.2) is 0 Å². The van der Waals surface area contributed by atoms with Gasteiger partial charge in [-0.1, -0.05) is 30.2 Å². The van der Waals surface area contributed by atoms with Gasteiger partial charge in [0.2, 0.25) is 5.88 Å². The highest BCUT2D eigenvalue weighted by Gasteiger charge is 2.38. The van der Waals surface area contributed by atoms with Gasteiger partial charge in [0.25, 0.3) is 0 Å². The third-order valence-electron chi connectivity index (χ3n) is 6.76. The molecule has 1 aliphatic rings. The van der Waals surface area contributed by atoms with Crippen LogP contribution in [-0.4, -0.2) is 38.4 Å². The maximum atomic E-state index is 6.02. The second kappa shape index (κ2) is 11.4. The van der Waals surface area contributed by atoms with Crippen molar-refractivity contribution < 1.29 is 9.47 Å². The van der Waals surface area contributed by atoms with Crippen LogP contribution in [0.3, 0.4) is 0 Å². The molecule has 1 saturated carbocycles. The fourth-order valence-corrected chi connectivity index (χ4v) is 4.27. The number of hydrogen-bond donors (Lipinski definition) is 1. The van der Waals surface area contributed by atoms with Gasteiger partial charge < -0.3 is 14.8 Å². The van der Waals surface area contributed by atoms with Gasteiger partial charge in [-0.2, -0.15) is 15.1 Å². The molecule has 3 heterocycles. The number of nitrogens with zero attached hydrogens (tertiary/aromatic N) is 5. The van der Waals surface area contributed by atoms with Crippen LogP contribution in [0.25, 0.3) is 11.6 Å². The zero-order chi connectivity index (χ0) is 25.7. The molecule has 8 nitrogen and oxygen atoms in total. The summed E-state index contributed by atoms with van der Waals surface area (Å²) < 4.78 is 13.3. The van der Waals surface area contributed by atoms with Crippen molar-refractivity contribution in [3.8, 4) is 11.9 Å². The highest BCUT2D eigenvalue weighted by atomic mass is 16.5. The molecular weight excluding hydrogens is 452 g/mol. The van der Waals surface area contributed by atoms with Crippen LogP contribution in [0.5, 0.6) is 11.9 Å². The van der Waals surface area contributed by atoms with Crippen LogP contribution in [0.4, 0.5) is 5.82 Å². The maximum Gasteiger partial charge on any atom is 0.321 e. The Morgan fingerprint density at radius 1 is 1.28 bits per heavy atom. The van der Waals surface area contributed by atoms with E-state index in [1.807, 2.05) is 38.6 Å². The fraction of sp³-hybridized carbons (Fsp3) is 0.429. The van der Waals surface area contributed by atoms with E-state index in [-0.39, 0.29) is 0 Å². The normalized spacial score (nSPS) is 18.7. The quantitative estimate of drug-likeness (QED) is 0.467. The van der Waals surface area contributed by atoms with E-state index in [1.54, 1.807) is 11.8 Å². The molecule has 2 unspecified atom stereocenters. The Morgan fingerprint density at radius 2 is 2.11 bits per heavy atom. The lowest BCUT2D eigenvalue weighted by atomic mass is 10.1. The highest BCUT2D eigenvalue weighted by Crippen LogP contribution is 2.44. The van der Waals surface area contributed by atoms with Crippen LogP contribution >= 0.6 is 0 Å². The first-order valence-corrected chi connectivity index (χ1v) is 12.5. The number of methoxy groups -OCH3 is 1. The van der Waals surface area contributed by atoms with Crippen LogP contribution in [0.1, 0.15) is 44.7 Å². The largest absolute Gasteiger partial charge is 0.481 e. The molecule has 4 rings (SSSR count). The Kier molecular flexibility index (Phi) is 8.03. The van der Waals surface area contributed by atoms with Gasteiger partial charge in [0.1, 0.15) is 5.82 Å².